The average molecular weight is 309 g/mol. The number of benzene rings is 2. The maximum absolute atomic E-state index is 12.8. The fourth-order valence-electron chi connectivity index (χ4n) is 3.30. The Morgan fingerprint density at radius 2 is 1.74 bits per heavy atom. The lowest BCUT2D eigenvalue weighted by atomic mass is 9.84. The van der Waals surface area contributed by atoms with E-state index in [0.717, 1.165) is 42.6 Å². The molecule has 1 heterocycles. The Morgan fingerprint density at radius 3 is 2.39 bits per heavy atom. The Hall–Kier alpha value is -2.13. The van der Waals surface area contributed by atoms with Gasteiger partial charge in [0.05, 0.1) is 5.56 Å². The average Bonchev–Trinajstić information content (AvgIpc) is 2.56. The zero-order chi connectivity index (χ0) is 16.3. The number of carbonyl (C=O) groups is 1. The Morgan fingerprint density at radius 1 is 1.04 bits per heavy atom. The molecule has 0 aliphatic carbocycles. The zero-order valence-electron chi connectivity index (χ0n) is 13.8. The number of hydrogen-bond donors (Lipinski definition) is 1. The molecule has 0 amide bonds. The van der Waals surface area contributed by atoms with E-state index in [9.17, 15) is 4.79 Å². The second kappa shape index (κ2) is 6.55. The van der Waals surface area contributed by atoms with Gasteiger partial charge in [0.2, 0.25) is 0 Å². The molecule has 3 nitrogen and oxygen atoms in total. The maximum Gasteiger partial charge on any atom is 0.339 e. The summed E-state index contributed by atoms with van der Waals surface area (Å²) in [5.41, 5.74) is 3.33. The van der Waals surface area contributed by atoms with Crippen LogP contribution < -0.4 is 5.32 Å². The van der Waals surface area contributed by atoms with Gasteiger partial charge in [-0.1, -0.05) is 48.0 Å². The summed E-state index contributed by atoms with van der Waals surface area (Å²) in [6, 6.07) is 16.0. The summed E-state index contributed by atoms with van der Waals surface area (Å²) in [7, 11) is 0. The molecule has 1 aliphatic heterocycles. The van der Waals surface area contributed by atoms with E-state index in [1.54, 1.807) is 0 Å². The van der Waals surface area contributed by atoms with Crippen molar-refractivity contribution in [1.82, 2.24) is 5.32 Å². The van der Waals surface area contributed by atoms with Gasteiger partial charge in [0, 0.05) is 12.8 Å². The standard InChI is InChI=1S/C20H23NO2/c1-15-8-9-18(16(2)14-15)19(22)23-20(10-12-21-13-11-20)17-6-4-3-5-7-17/h3-9,14,21H,10-13H2,1-2H3. The predicted molar refractivity (Wildman–Crippen MR) is 91.6 cm³/mol. The van der Waals surface area contributed by atoms with E-state index in [4.69, 9.17) is 4.74 Å². The summed E-state index contributed by atoms with van der Waals surface area (Å²) in [6.07, 6.45) is 1.60. The van der Waals surface area contributed by atoms with Gasteiger partial charge < -0.3 is 10.1 Å². The molecule has 0 unspecified atom stereocenters. The fourth-order valence-corrected chi connectivity index (χ4v) is 3.30. The molecular formula is C20H23NO2. The molecule has 3 heteroatoms. The highest BCUT2D eigenvalue weighted by Crippen LogP contribution is 2.35. The van der Waals surface area contributed by atoms with E-state index in [2.05, 4.69) is 17.4 Å². The summed E-state index contributed by atoms with van der Waals surface area (Å²) in [6.45, 7) is 5.70. The van der Waals surface area contributed by atoms with Crippen molar-refractivity contribution >= 4 is 5.97 Å². The lowest BCUT2D eigenvalue weighted by molar-refractivity contribution is -0.0379. The second-order valence-corrected chi connectivity index (χ2v) is 6.32. The number of carbonyl (C=O) groups excluding carboxylic acids is 1. The van der Waals surface area contributed by atoms with Gasteiger partial charge in [0.1, 0.15) is 5.60 Å². The Bertz CT molecular complexity index is 688. The van der Waals surface area contributed by atoms with Gasteiger partial charge in [-0.15, -0.1) is 0 Å². The highest BCUT2D eigenvalue weighted by molar-refractivity contribution is 5.91. The number of rotatable bonds is 3. The number of aryl methyl sites for hydroxylation is 2. The SMILES string of the molecule is Cc1ccc(C(=O)OC2(c3ccccc3)CCNCC2)c(C)c1. The topological polar surface area (TPSA) is 38.3 Å². The first-order chi connectivity index (χ1) is 11.1. The number of nitrogens with one attached hydrogen (secondary N) is 1. The minimum absolute atomic E-state index is 0.228. The van der Waals surface area contributed by atoms with E-state index in [-0.39, 0.29) is 5.97 Å². The van der Waals surface area contributed by atoms with E-state index >= 15 is 0 Å². The van der Waals surface area contributed by atoms with Crippen LogP contribution in [0.15, 0.2) is 48.5 Å². The first-order valence-electron chi connectivity index (χ1n) is 8.18. The van der Waals surface area contributed by atoms with Crippen LogP contribution in [0.2, 0.25) is 0 Å². The smallest absolute Gasteiger partial charge is 0.339 e. The van der Waals surface area contributed by atoms with Crippen LogP contribution in [-0.2, 0) is 10.3 Å². The fraction of sp³-hybridized carbons (Fsp3) is 0.350. The quantitative estimate of drug-likeness (QED) is 0.878. The molecule has 0 saturated carbocycles. The van der Waals surface area contributed by atoms with Gasteiger partial charge in [0.15, 0.2) is 0 Å². The van der Waals surface area contributed by atoms with E-state index in [0.29, 0.717) is 5.56 Å². The van der Waals surface area contributed by atoms with E-state index in [1.165, 1.54) is 0 Å². The van der Waals surface area contributed by atoms with Crippen LogP contribution >= 0.6 is 0 Å². The monoisotopic (exact) mass is 309 g/mol. The summed E-state index contributed by atoms with van der Waals surface area (Å²) in [4.78, 5) is 12.8. The normalized spacial score (nSPS) is 16.8. The molecular weight excluding hydrogens is 286 g/mol. The van der Waals surface area contributed by atoms with Gasteiger partial charge >= 0.3 is 5.97 Å². The van der Waals surface area contributed by atoms with Crippen molar-refractivity contribution < 1.29 is 9.53 Å². The van der Waals surface area contributed by atoms with Crippen molar-refractivity contribution in [3.8, 4) is 0 Å². The molecule has 0 spiro atoms. The number of esters is 1. The van der Waals surface area contributed by atoms with Gasteiger partial charge in [-0.3, -0.25) is 0 Å². The molecule has 1 N–H and O–H groups in total. The van der Waals surface area contributed by atoms with Crippen LogP contribution in [-0.4, -0.2) is 19.1 Å². The lowest BCUT2D eigenvalue weighted by Gasteiger charge is -2.37. The van der Waals surface area contributed by atoms with Crippen molar-refractivity contribution in [2.45, 2.75) is 32.3 Å². The van der Waals surface area contributed by atoms with Gasteiger partial charge in [0.25, 0.3) is 0 Å². The van der Waals surface area contributed by atoms with Crippen molar-refractivity contribution in [1.29, 1.82) is 0 Å². The minimum atomic E-state index is -0.527. The predicted octanol–water partition coefficient (Wildman–Crippen LogP) is 3.74. The summed E-state index contributed by atoms with van der Waals surface area (Å²) in [5.74, 6) is -0.228. The largest absolute Gasteiger partial charge is 0.450 e. The third kappa shape index (κ3) is 3.30. The summed E-state index contributed by atoms with van der Waals surface area (Å²) in [5, 5.41) is 3.35. The maximum atomic E-state index is 12.8. The summed E-state index contributed by atoms with van der Waals surface area (Å²) < 4.78 is 6.09. The highest BCUT2D eigenvalue weighted by atomic mass is 16.6. The number of ether oxygens (including phenoxy) is 1. The highest BCUT2D eigenvalue weighted by Gasteiger charge is 2.38. The van der Waals surface area contributed by atoms with Crippen molar-refractivity contribution in [3.63, 3.8) is 0 Å². The van der Waals surface area contributed by atoms with Crippen molar-refractivity contribution in [3.05, 3.63) is 70.8 Å². The molecule has 3 rings (SSSR count). The van der Waals surface area contributed by atoms with Crippen LogP contribution in [0.25, 0.3) is 0 Å². The molecule has 0 atom stereocenters. The molecule has 0 bridgehead atoms. The number of piperidine rings is 1. The van der Waals surface area contributed by atoms with Crippen LogP contribution in [0, 0.1) is 13.8 Å². The molecule has 1 aliphatic rings. The third-order valence-corrected chi connectivity index (χ3v) is 4.60. The Labute approximate surface area is 137 Å². The molecule has 23 heavy (non-hydrogen) atoms. The van der Waals surface area contributed by atoms with Crippen LogP contribution in [0.3, 0.4) is 0 Å². The van der Waals surface area contributed by atoms with Gasteiger partial charge in [-0.05, 0) is 44.1 Å². The first kappa shape index (κ1) is 15.8. The third-order valence-electron chi connectivity index (χ3n) is 4.60. The lowest BCUT2D eigenvalue weighted by Crippen LogP contribution is -2.43. The molecule has 2 aromatic rings. The van der Waals surface area contributed by atoms with Crippen molar-refractivity contribution in [2.75, 3.05) is 13.1 Å². The summed E-state index contributed by atoms with van der Waals surface area (Å²) >= 11 is 0. The minimum Gasteiger partial charge on any atom is -0.450 e. The molecule has 2 aromatic carbocycles. The van der Waals surface area contributed by atoms with Crippen LogP contribution in [0.5, 0.6) is 0 Å². The molecule has 0 aromatic heterocycles. The molecule has 1 saturated heterocycles. The first-order valence-corrected chi connectivity index (χ1v) is 8.18. The molecule has 0 radical (unpaired) electrons. The zero-order valence-corrected chi connectivity index (χ0v) is 13.8. The second-order valence-electron chi connectivity index (χ2n) is 6.32. The van der Waals surface area contributed by atoms with Crippen LogP contribution in [0.4, 0.5) is 0 Å². The Balaban J connectivity index is 1.91. The molecule has 120 valence electrons. The van der Waals surface area contributed by atoms with E-state index in [1.807, 2.05) is 50.2 Å². The Kier molecular flexibility index (Phi) is 4.49. The number of hydrogen-bond acceptors (Lipinski definition) is 3. The molecule has 1 fully saturated rings. The van der Waals surface area contributed by atoms with E-state index < -0.39 is 5.60 Å². The van der Waals surface area contributed by atoms with Gasteiger partial charge in [-0.25, -0.2) is 4.79 Å². The van der Waals surface area contributed by atoms with Crippen molar-refractivity contribution in [2.24, 2.45) is 0 Å². The van der Waals surface area contributed by atoms with Gasteiger partial charge in [-0.2, -0.15) is 0 Å². The van der Waals surface area contributed by atoms with Crippen LogP contribution in [0.1, 0.15) is 39.9 Å².